The Bertz CT molecular complexity index is 457. The number of rotatable bonds is 3. The summed E-state index contributed by atoms with van der Waals surface area (Å²) >= 11 is 0. The molecule has 10 heteroatoms. The van der Waals surface area contributed by atoms with Crippen LogP contribution in [0.5, 0.6) is 5.75 Å². The number of aromatic nitrogens is 1. The van der Waals surface area contributed by atoms with Crippen LogP contribution in [-0.4, -0.2) is 16.5 Å². The summed E-state index contributed by atoms with van der Waals surface area (Å²) in [6.45, 7) is -1.60. The zero-order chi connectivity index (χ0) is 14.8. The normalized spacial score (nSPS) is 12.6. The van der Waals surface area contributed by atoms with Gasteiger partial charge in [-0.2, -0.15) is 13.2 Å². The summed E-state index contributed by atoms with van der Waals surface area (Å²) in [5.41, 5.74) is 2.07. The zero-order valence-corrected chi connectivity index (χ0v) is 9.14. The van der Waals surface area contributed by atoms with Crippen LogP contribution in [-0.2, 0) is 19.3 Å². The van der Waals surface area contributed by atoms with Gasteiger partial charge in [0.2, 0.25) is 0 Å². The van der Waals surface area contributed by atoms with Crippen molar-refractivity contribution in [2.45, 2.75) is 25.7 Å². The first-order chi connectivity index (χ1) is 8.58. The summed E-state index contributed by atoms with van der Waals surface area (Å²) in [7, 11) is 0. The maximum Gasteiger partial charge on any atom is 0.573 e. The van der Waals surface area contributed by atoms with Gasteiger partial charge in [-0.3, -0.25) is 4.98 Å². The highest BCUT2D eigenvalue weighted by molar-refractivity contribution is 5.40. The number of hydrogen-bond donors (Lipinski definition) is 2. The molecule has 0 fully saturated rings. The summed E-state index contributed by atoms with van der Waals surface area (Å²) in [5, 5.41) is 8.75. The van der Waals surface area contributed by atoms with E-state index in [-0.39, 0.29) is 0 Å². The van der Waals surface area contributed by atoms with Crippen molar-refractivity contribution in [2.75, 3.05) is 0 Å². The highest BCUT2D eigenvalue weighted by Gasteiger charge is 2.42. The Hall–Kier alpha value is -1.55. The minimum Gasteiger partial charge on any atom is -0.405 e. The first-order valence-corrected chi connectivity index (χ1v) is 4.75. The summed E-state index contributed by atoms with van der Waals surface area (Å²) in [6, 6.07) is 0.371. The molecule has 0 aliphatic rings. The lowest BCUT2D eigenvalue weighted by molar-refractivity contribution is -0.276. The molecule has 1 rings (SSSR count). The summed E-state index contributed by atoms with van der Waals surface area (Å²) in [5.74, 6) is -1.49. The molecule has 19 heavy (non-hydrogen) atoms. The number of aliphatic hydroxyl groups excluding tert-OH is 1. The SMILES string of the molecule is NCc1nc(CO)cc(OC(F)(F)F)c1C(F)(F)F. The number of alkyl halides is 6. The van der Waals surface area contributed by atoms with Gasteiger partial charge in [0.25, 0.3) is 0 Å². The second-order valence-electron chi connectivity index (χ2n) is 3.34. The van der Waals surface area contributed by atoms with Gasteiger partial charge in [-0.05, 0) is 0 Å². The van der Waals surface area contributed by atoms with E-state index in [1.807, 2.05) is 0 Å². The van der Waals surface area contributed by atoms with Crippen LogP contribution in [0.1, 0.15) is 17.0 Å². The maximum atomic E-state index is 12.7. The second-order valence-corrected chi connectivity index (χ2v) is 3.34. The highest BCUT2D eigenvalue weighted by atomic mass is 19.4. The molecule has 0 amide bonds. The molecule has 4 nitrogen and oxygen atoms in total. The molecule has 0 saturated carbocycles. The number of nitrogens with zero attached hydrogens (tertiary/aromatic N) is 1. The average Bonchev–Trinajstić information content (AvgIpc) is 2.23. The third kappa shape index (κ3) is 3.96. The summed E-state index contributed by atoms with van der Waals surface area (Å²) in [6.07, 6.45) is -10.4. The van der Waals surface area contributed by atoms with Crippen molar-refractivity contribution in [3.63, 3.8) is 0 Å². The first-order valence-electron chi connectivity index (χ1n) is 4.75. The molecule has 0 saturated heterocycles. The van der Waals surface area contributed by atoms with Crippen LogP contribution in [0.25, 0.3) is 0 Å². The Morgan fingerprint density at radius 2 is 1.79 bits per heavy atom. The molecule has 0 aromatic carbocycles. The van der Waals surface area contributed by atoms with E-state index in [1.54, 1.807) is 0 Å². The van der Waals surface area contributed by atoms with Crippen LogP contribution < -0.4 is 10.5 Å². The van der Waals surface area contributed by atoms with Crippen molar-refractivity contribution in [1.29, 1.82) is 0 Å². The fourth-order valence-corrected chi connectivity index (χ4v) is 1.36. The van der Waals surface area contributed by atoms with Crippen molar-refractivity contribution in [1.82, 2.24) is 4.98 Å². The predicted octanol–water partition coefficient (Wildman–Crippen LogP) is 1.95. The highest BCUT2D eigenvalue weighted by Crippen LogP contribution is 2.40. The van der Waals surface area contributed by atoms with Gasteiger partial charge >= 0.3 is 12.5 Å². The van der Waals surface area contributed by atoms with E-state index in [4.69, 9.17) is 10.8 Å². The minimum atomic E-state index is -5.31. The minimum absolute atomic E-state index is 0.371. The van der Waals surface area contributed by atoms with Gasteiger partial charge in [0.05, 0.1) is 18.0 Å². The quantitative estimate of drug-likeness (QED) is 0.835. The third-order valence-electron chi connectivity index (χ3n) is 1.98. The fraction of sp³-hybridized carbons (Fsp3) is 0.444. The molecule has 3 N–H and O–H groups in total. The Morgan fingerprint density at radius 1 is 1.21 bits per heavy atom. The number of aliphatic hydroxyl groups is 1. The second kappa shape index (κ2) is 5.21. The first kappa shape index (κ1) is 15.5. The molecule has 1 aromatic rings. The largest absolute Gasteiger partial charge is 0.573 e. The summed E-state index contributed by atoms with van der Waals surface area (Å²) in [4.78, 5) is 3.32. The van der Waals surface area contributed by atoms with E-state index in [9.17, 15) is 26.3 Å². The van der Waals surface area contributed by atoms with E-state index < -0.39 is 48.4 Å². The fourth-order valence-electron chi connectivity index (χ4n) is 1.36. The van der Waals surface area contributed by atoms with E-state index in [2.05, 4.69) is 9.72 Å². The predicted molar refractivity (Wildman–Crippen MR) is 49.7 cm³/mol. The molecule has 0 spiro atoms. The lowest BCUT2D eigenvalue weighted by atomic mass is 10.1. The molecule has 1 aromatic heterocycles. The van der Waals surface area contributed by atoms with Crippen LogP contribution in [0.2, 0.25) is 0 Å². The van der Waals surface area contributed by atoms with Crippen LogP contribution in [0.3, 0.4) is 0 Å². The van der Waals surface area contributed by atoms with E-state index in [0.717, 1.165) is 0 Å². The standard InChI is InChI=1S/C9H8F6N2O2/c10-8(11,12)7-5(2-16)17-4(3-18)1-6(7)19-9(13,14)15/h1,18H,2-3,16H2. The number of halogens is 6. The van der Waals surface area contributed by atoms with Gasteiger partial charge in [0.15, 0.2) is 0 Å². The van der Waals surface area contributed by atoms with Gasteiger partial charge < -0.3 is 15.6 Å². The zero-order valence-electron chi connectivity index (χ0n) is 9.14. The monoisotopic (exact) mass is 290 g/mol. The molecule has 0 atom stereocenters. The number of hydrogen-bond acceptors (Lipinski definition) is 4. The van der Waals surface area contributed by atoms with Crippen LogP contribution in [0.4, 0.5) is 26.3 Å². The van der Waals surface area contributed by atoms with E-state index in [0.29, 0.717) is 6.07 Å². The van der Waals surface area contributed by atoms with Crippen molar-refractivity contribution in [3.05, 3.63) is 23.0 Å². The molecule has 1 heterocycles. The molecule has 0 radical (unpaired) electrons. The molecule has 0 aliphatic carbocycles. The average molecular weight is 290 g/mol. The number of pyridine rings is 1. The maximum absolute atomic E-state index is 12.7. The van der Waals surface area contributed by atoms with E-state index >= 15 is 0 Å². The lowest BCUT2D eigenvalue weighted by Crippen LogP contribution is -2.23. The van der Waals surface area contributed by atoms with Crippen molar-refractivity contribution in [3.8, 4) is 5.75 Å². The molecule has 0 unspecified atom stereocenters. The summed E-state index contributed by atoms with van der Waals surface area (Å²) < 4.78 is 77.7. The Labute approximate surface area is 102 Å². The molecule has 108 valence electrons. The Morgan fingerprint density at radius 3 is 2.16 bits per heavy atom. The number of ether oxygens (including phenoxy) is 1. The van der Waals surface area contributed by atoms with Gasteiger partial charge in [-0.15, -0.1) is 13.2 Å². The lowest BCUT2D eigenvalue weighted by Gasteiger charge is -2.18. The Balaban J connectivity index is 3.47. The van der Waals surface area contributed by atoms with E-state index in [1.165, 1.54) is 0 Å². The van der Waals surface area contributed by atoms with Gasteiger partial charge in [-0.1, -0.05) is 0 Å². The number of nitrogens with two attached hydrogens (primary N) is 1. The van der Waals surface area contributed by atoms with Crippen molar-refractivity contribution >= 4 is 0 Å². The van der Waals surface area contributed by atoms with Crippen LogP contribution in [0, 0.1) is 0 Å². The molecule has 0 aliphatic heterocycles. The van der Waals surface area contributed by atoms with Gasteiger partial charge in [-0.25, -0.2) is 0 Å². The van der Waals surface area contributed by atoms with Crippen LogP contribution in [0.15, 0.2) is 6.07 Å². The molecular formula is C9H8F6N2O2. The van der Waals surface area contributed by atoms with Gasteiger partial charge in [0, 0.05) is 12.6 Å². The molecule has 0 bridgehead atoms. The van der Waals surface area contributed by atoms with Crippen molar-refractivity contribution < 1.29 is 36.2 Å². The van der Waals surface area contributed by atoms with Crippen LogP contribution >= 0.6 is 0 Å². The van der Waals surface area contributed by atoms with Gasteiger partial charge in [0.1, 0.15) is 11.3 Å². The smallest absolute Gasteiger partial charge is 0.405 e. The third-order valence-corrected chi connectivity index (χ3v) is 1.98. The molecular weight excluding hydrogens is 282 g/mol. The topological polar surface area (TPSA) is 68.4 Å². The van der Waals surface area contributed by atoms with Crippen molar-refractivity contribution in [2.24, 2.45) is 5.73 Å². The Kier molecular flexibility index (Phi) is 4.25.